The van der Waals surface area contributed by atoms with Crippen molar-refractivity contribution in [3.63, 3.8) is 0 Å². The van der Waals surface area contributed by atoms with E-state index in [0.29, 0.717) is 5.69 Å². The summed E-state index contributed by atoms with van der Waals surface area (Å²) in [6, 6.07) is 18.3. The molecule has 0 radical (unpaired) electrons. The second kappa shape index (κ2) is 6.91. The zero-order valence-electron chi connectivity index (χ0n) is 12.9. The van der Waals surface area contributed by atoms with Gasteiger partial charge in [0.1, 0.15) is 0 Å². The van der Waals surface area contributed by atoms with Crippen LogP contribution in [0.3, 0.4) is 0 Å². The average molecular weight is 330 g/mol. The first-order valence-corrected chi connectivity index (χ1v) is 7.74. The summed E-state index contributed by atoms with van der Waals surface area (Å²) < 4.78 is 37.9. The van der Waals surface area contributed by atoms with Gasteiger partial charge in [0.15, 0.2) is 0 Å². The van der Waals surface area contributed by atoms with E-state index in [-0.39, 0.29) is 6.42 Å². The summed E-state index contributed by atoms with van der Waals surface area (Å²) in [4.78, 5) is 4.35. The Morgan fingerprint density at radius 1 is 0.958 bits per heavy atom. The lowest BCUT2D eigenvalue weighted by molar-refractivity contribution is -0.136. The van der Waals surface area contributed by atoms with Crippen LogP contribution in [0.5, 0.6) is 0 Å². The summed E-state index contributed by atoms with van der Waals surface area (Å²) in [6.45, 7) is 0. The maximum Gasteiger partial charge on any atom is 0.389 e. The lowest BCUT2D eigenvalue weighted by Crippen LogP contribution is -2.16. The smallest absolute Gasteiger partial charge is 0.377 e. The minimum Gasteiger partial charge on any atom is -0.377 e. The van der Waals surface area contributed by atoms with E-state index in [1.54, 1.807) is 6.20 Å². The van der Waals surface area contributed by atoms with Gasteiger partial charge in [-0.2, -0.15) is 13.2 Å². The van der Waals surface area contributed by atoms with Gasteiger partial charge in [-0.25, -0.2) is 0 Å². The maximum atomic E-state index is 12.6. The average Bonchev–Trinajstić information content (AvgIpc) is 2.58. The number of hydrogen-bond acceptors (Lipinski definition) is 2. The molecule has 2 nitrogen and oxygen atoms in total. The molecule has 0 aliphatic rings. The Morgan fingerprint density at radius 3 is 2.42 bits per heavy atom. The van der Waals surface area contributed by atoms with Crippen LogP contribution in [0.15, 0.2) is 66.9 Å². The van der Waals surface area contributed by atoms with E-state index in [0.717, 1.165) is 16.5 Å². The predicted molar refractivity (Wildman–Crippen MR) is 89.8 cm³/mol. The second-order valence-electron chi connectivity index (χ2n) is 5.68. The van der Waals surface area contributed by atoms with Gasteiger partial charge in [0.25, 0.3) is 0 Å². The third-order valence-electron chi connectivity index (χ3n) is 3.85. The number of nitrogens with zero attached hydrogens (tertiary/aromatic N) is 1. The predicted octanol–water partition coefficient (Wildman–Crippen LogP) is 5.73. The zero-order valence-corrected chi connectivity index (χ0v) is 12.9. The molecular formula is C19H17F3N2. The van der Waals surface area contributed by atoms with Crippen LogP contribution in [-0.4, -0.2) is 11.2 Å². The number of rotatable bonds is 5. The lowest BCUT2D eigenvalue weighted by atomic mass is 10.0. The SMILES string of the molecule is FC(F)(F)CCC(Nc1cnc2ccccc2c1)c1ccccc1. The lowest BCUT2D eigenvalue weighted by Gasteiger charge is -2.21. The molecule has 1 N–H and O–H groups in total. The highest BCUT2D eigenvalue weighted by Crippen LogP contribution is 2.30. The third kappa shape index (κ3) is 4.25. The molecule has 124 valence electrons. The Hall–Kier alpha value is -2.56. The highest BCUT2D eigenvalue weighted by molar-refractivity contribution is 5.81. The van der Waals surface area contributed by atoms with Gasteiger partial charge in [-0.3, -0.25) is 4.98 Å². The minimum absolute atomic E-state index is 0.0274. The fourth-order valence-electron chi connectivity index (χ4n) is 2.67. The summed E-state index contributed by atoms with van der Waals surface area (Å²) in [5, 5.41) is 4.15. The molecule has 1 atom stereocenters. The van der Waals surface area contributed by atoms with Crippen molar-refractivity contribution in [2.24, 2.45) is 0 Å². The first-order valence-electron chi connectivity index (χ1n) is 7.74. The van der Waals surface area contributed by atoms with Crippen molar-refractivity contribution in [1.82, 2.24) is 4.98 Å². The molecule has 2 aromatic carbocycles. The highest BCUT2D eigenvalue weighted by Gasteiger charge is 2.28. The van der Waals surface area contributed by atoms with Crippen LogP contribution >= 0.6 is 0 Å². The summed E-state index contributed by atoms with van der Waals surface area (Å²) in [5.41, 5.74) is 2.40. The molecule has 0 spiro atoms. The number of benzene rings is 2. The molecule has 0 bridgehead atoms. The number of hydrogen-bond donors (Lipinski definition) is 1. The fraction of sp³-hybridized carbons (Fsp3) is 0.211. The van der Waals surface area contributed by atoms with Crippen LogP contribution < -0.4 is 5.32 Å². The van der Waals surface area contributed by atoms with Crippen LogP contribution in [0, 0.1) is 0 Å². The van der Waals surface area contributed by atoms with Crippen LogP contribution in [0.2, 0.25) is 0 Å². The molecule has 5 heteroatoms. The fourth-order valence-corrected chi connectivity index (χ4v) is 2.67. The summed E-state index contributed by atoms with van der Waals surface area (Å²) in [6.07, 6.45) is -3.37. The van der Waals surface area contributed by atoms with E-state index in [4.69, 9.17) is 0 Å². The standard InChI is InChI=1S/C19H17F3N2/c20-19(21,22)11-10-18(14-6-2-1-3-7-14)24-16-12-15-8-4-5-9-17(15)23-13-16/h1-9,12-13,18,24H,10-11H2. The van der Waals surface area contributed by atoms with E-state index >= 15 is 0 Å². The molecule has 0 amide bonds. The molecule has 1 unspecified atom stereocenters. The molecule has 1 aromatic heterocycles. The second-order valence-corrected chi connectivity index (χ2v) is 5.68. The molecular weight excluding hydrogens is 313 g/mol. The van der Waals surface area contributed by atoms with Gasteiger partial charge in [0.2, 0.25) is 0 Å². The van der Waals surface area contributed by atoms with Gasteiger partial charge < -0.3 is 5.32 Å². The van der Waals surface area contributed by atoms with Crippen molar-refractivity contribution in [3.05, 3.63) is 72.4 Å². The number of fused-ring (bicyclic) bond motifs is 1. The van der Waals surface area contributed by atoms with Crippen LogP contribution in [0.25, 0.3) is 10.9 Å². The van der Waals surface area contributed by atoms with Gasteiger partial charge in [-0.05, 0) is 24.1 Å². The van der Waals surface area contributed by atoms with Crippen molar-refractivity contribution < 1.29 is 13.2 Å². The largest absolute Gasteiger partial charge is 0.389 e. The van der Waals surface area contributed by atoms with Crippen molar-refractivity contribution >= 4 is 16.6 Å². The monoisotopic (exact) mass is 330 g/mol. The Balaban J connectivity index is 1.84. The topological polar surface area (TPSA) is 24.9 Å². The molecule has 24 heavy (non-hydrogen) atoms. The molecule has 0 fully saturated rings. The first kappa shape index (κ1) is 16.3. The van der Waals surface area contributed by atoms with Gasteiger partial charge in [-0.15, -0.1) is 0 Å². The Labute approximate surface area is 138 Å². The molecule has 3 aromatic rings. The Morgan fingerprint density at radius 2 is 1.67 bits per heavy atom. The van der Waals surface area contributed by atoms with Crippen molar-refractivity contribution in [1.29, 1.82) is 0 Å². The normalized spacial score (nSPS) is 13.0. The van der Waals surface area contributed by atoms with Crippen molar-refractivity contribution in [2.45, 2.75) is 25.1 Å². The molecule has 1 heterocycles. The number of anilines is 1. The molecule has 3 rings (SSSR count). The van der Waals surface area contributed by atoms with Crippen LogP contribution in [0.1, 0.15) is 24.4 Å². The van der Waals surface area contributed by atoms with Crippen molar-refractivity contribution in [2.75, 3.05) is 5.32 Å². The van der Waals surface area contributed by atoms with Gasteiger partial charge in [-0.1, -0.05) is 48.5 Å². The quantitative estimate of drug-likeness (QED) is 0.646. The number of para-hydroxylation sites is 1. The van der Waals surface area contributed by atoms with E-state index in [2.05, 4.69) is 10.3 Å². The third-order valence-corrected chi connectivity index (χ3v) is 3.85. The zero-order chi connectivity index (χ0) is 17.0. The van der Waals surface area contributed by atoms with E-state index in [9.17, 15) is 13.2 Å². The number of pyridine rings is 1. The van der Waals surface area contributed by atoms with Gasteiger partial charge in [0.05, 0.1) is 23.4 Å². The van der Waals surface area contributed by atoms with Crippen LogP contribution in [-0.2, 0) is 0 Å². The van der Waals surface area contributed by atoms with Gasteiger partial charge >= 0.3 is 6.18 Å². The number of nitrogens with one attached hydrogen (secondary N) is 1. The summed E-state index contributed by atoms with van der Waals surface area (Å²) in [5.74, 6) is 0. The summed E-state index contributed by atoms with van der Waals surface area (Å²) in [7, 11) is 0. The molecule has 0 aliphatic heterocycles. The molecule has 0 aliphatic carbocycles. The van der Waals surface area contributed by atoms with E-state index in [1.807, 2.05) is 60.7 Å². The first-order chi connectivity index (χ1) is 11.5. The number of halogens is 3. The van der Waals surface area contributed by atoms with E-state index in [1.165, 1.54) is 0 Å². The Bertz CT molecular complexity index is 800. The molecule has 0 saturated carbocycles. The van der Waals surface area contributed by atoms with Crippen molar-refractivity contribution in [3.8, 4) is 0 Å². The summed E-state index contributed by atoms with van der Waals surface area (Å²) >= 11 is 0. The number of aromatic nitrogens is 1. The maximum absolute atomic E-state index is 12.6. The van der Waals surface area contributed by atoms with Gasteiger partial charge in [0, 0.05) is 11.8 Å². The minimum atomic E-state index is -4.17. The van der Waals surface area contributed by atoms with E-state index < -0.39 is 18.6 Å². The Kier molecular flexibility index (Phi) is 4.69. The van der Waals surface area contributed by atoms with Crippen LogP contribution in [0.4, 0.5) is 18.9 Å². The number of alkyl halides is 3. The molecule has 0 saturated heterocycles. The highest BCUT2D eigenvalue weighted by atomic mass is 19.4.